The Morgan fingerprint density at radius 2 is 1.92 bits per heavy atom. The third kappa shape index (κ3) is 5.61. The molecule has 0 radical (unpaired) electrons. The van der Waals surface area contributed by atoms with E-state index >= 15 is 0 Å². The van der Waals surface area contributed by atoms with Crippen LogP contribution in [-0.2, 0) is 16.0 Å². The van der Waals surface area contributed by atoms with E-state index in [2.05, 4.69) is 38.1 Å². The number of aryl methyl sites for hydroxylation is 1. The van der Waals surface area contributed by atoms with Crippen molar-refractivity contribution in [1.82, 2.24) is 4.57 Å². The highest BCUT2D eigenvalue weighted by Crippen LogP contribution is 2.30. The summed E-state index contributed by atoms with van der Waals surface area (Å²) in [5.41, 5.74) is 6.06. The standard InChI is InChI=1S/C28H27BrN2O3.C2H6/c1-18-11-12-20(15-23(18)28-33-13-6-14-34-28)19(2)24-17-31(16-21-7-5-10-26(29)30-21)25-9-4-3-8-22(25)27(24)32;1-2/h3-4,7-9,11-12,15,17,28H,2,5-6,10,13-14,16H2,1H3;1-2H3. The van der Waals surface area contributed by atoms with Gasteiger partial charge >= 0.3 is 0 Å². The lowest BCUT2D eigenvalue weighted by Crippen LogP contribution is -2.19. The van der Waals surface area contributed by atoms with Gasteiger partial charge in [-0.3, -0.25) is 4.79 Å². The first-order valence-electron chi connectivity index (χ1n) is 12.6. The summed E-state index contributed by atoms with van der Waals surface area (Å²) in [5, 5.41) is 0.673. The number of hydrogen-bond donors (Lipinski definition) is 0. The number of hydrogen-bond acceptors (Lipinski definition) is 4. The van der Waals surface area contributed by atoms with Crippen LogP contribution < -0.4 is 5.43 Å². The average molecular weight is 550 g/mol. The fraction of sp³-hybridized carbons (Fsp3) is 0.333. The van der Waals surface area contributed by atoms with Crippen molar-refractivity contribution in [2.75, 3.05) is 13.2 Å². The molecule has 2 aliphatic heterocycles. The highest BCUT2D eigenvalue weighted by Gasteiger charge is 2.21. The Morgan fingerprint density at radius 1 is 1.17 bits per heavy atom. The third-order valence-corrected chi connectivity index (χ3v) is 6.92. The van der Waals surface area contributed by atoms with E-state index in [-0.39, 0.29) is 11.7 Å². The van der Waals surface area contributed by atoms with Crippen molar-refractivity contribution >= 4 is 37.0 Å². The van der Waals surface area contributed by atoms with Crippen LogP contribution in [0.3, 0.4) is 0 Å². The third-order valence-electron chi connectivity index (χ3n) is 6.35. The summed E-state index contributed by atoms with van der Waals surface area (Å²) in [6.07, 6.45) is 6.45. The fourth-order valence-electron chi connectivity index (χ4n) is 4.49. The first kappa shape index (κ1) is 26.3. The molecule has 2 aliphatic rings. The zero-order chi connectivity index (χ0) is 25.7. The van der Waals surface area contributed by atoms with Crippen molar-refractivity contribution in [3.05, 3.63) is 99.5 Å². The molecule has 188 valence electrons. The zero-order valence-corrected chi connectivity index (χ0v) is 22.8. The summed E-state index contributed by atoms with van der Waals surface area (Å²) in [6.45, 7) is 12.3. The molecule has 1 aromatic heterocycles. The summed E-state index contributed by atoms with van der Waals surface area (Å²) in [5.74, 6) is 0. The molecule has 1 fully saturated rings. The SMILES string of the molecule is C=C(c1ccc(C)c(C2OCCCO2)c1)c1cn(CC2=CCCC(Br)=N2)c2ccccc2c1=O.CC. The molecule has 0 spiro atoms. The van der Waals surface area contributed by atoms with Crippen LogP contribution in [0.4, 0.5) is 0 Å². The molecule has 0 saturated carbocycles. The summed E-state index contributed by atoms with van der Waals surface area (Å²) in [7, 11) is 0. The van der Waals surface area contributed by atoms with Gasteiger partial charge in [0.2, 0.25) is 0 Å². The van der Waals surface area contributed by atoms with Crippen LogP contribution in [0.25, 0.3) is 16.5 Å². The number of ether oxygens (including phenoxy) is 2. The Labute approximate surface area is 221 Å². The second kappa shape index (κ2) is 12.0. The lowest BCUT2D eigenvalue weighted by Gasteiger charge is -2.25. The molecular formula is C30H33BrN2O3. The molecule has 0 unspecified atom stereocenters. The first-order chi connectivity index (χ1) is 17.5. The summed E-state index contributed by atoms with van der Waals surface area (Å²) in [4.78, 5) is 18.2. The van der Waals surface area contributed by atoms with Crippen molar-refractivity contribution in [2.45, 2.75) is 52.9 Å². The molecule has 3 heterocycles. The van der Waals surface area contributed by atoms with Gasteiger partial charge in [0.05, 0.1) is 35.6 Å². The maximum Gasteiger partial charge on any atom is 0.197 e. The van der Waals surface area contributed by atoms with Gasteiger partial charge in [-0.15, -0.1) is 0 Å². The molecule has 0 bridgehead atoms. The normalized spacial score (nSPS) is 16.1. The minimum Gasteiger partial charge on any atom is -0.348 e. The first-order valence-corrected chi connectivity index (χ1v) is 13.4. The number of para-hydroxylation sites is 1. The van der Waals surface area contributed by atoms with E-state index in [0.29, 0.717) is 36.3 Å². The van der Waals surface area contributed by atoms with E-state index in [1.54, 1.807) is 0 Å². The minimum absolute atomic E-state index is 0.0218. The fourth-order valence-corrected chi connectivity index (χ4v) is 4.94. The van der Waals surface area contributed by atoms with E-state index < -0.39 is 0 Å². The van der Waals surface area contributed by atoms with Gasteiger partial charge < -0.3 is 14.0 Å². The molecule has 0 N–H and O–H groups in total. The molecule has 2 aromatic carbocycles. The molecule has 0 amide bonds. The quantitative estimate of drug-likeness (QED) is 0.336. The van der Waals surface area contributed by atoms with Crippen molar-refractivity contribution in [1.29, 1.82) is 0 Å². The van der Waals surface area contributed by atoms with Gasteiger partial charge in [0.15, 0.2) is 11.7 Å². The van der Waals surface area contributed by atoms with Crippen LogP contribution in [0.15, 0.2) is 76.8 Å². The molecule has 5 nitrogen and oxygen atoms in total. The average Bonchev–Trinajstić information content (AvgIpc) is 2.92. The van der Waals surface area contributed by atoms with Crippen LogP contribution in [0.2, 0.25) is 0 Å². The Kier molecular flexibility index (Phi) is 8.72. The number of fused-ring (bicyclic) bond motifs is 1. The smallest absolute Gasteiger partial charge is 0.197 e. The van der Waals surface area contributed by atoms with Gasteiger partial charge in [0.25, 0.3) is 0 Å². The predicted molar refractivity (Wildman–Crippen MR) is 152 cm³/mol. The number of rotatable bonds is 5. The predicted octanol–water partition coefficient (Wildman–Crippen LogP) is 7.30. The maximum atomic E-state index is 13.5. The molecule has 3 aromatic rings. The van der Waals surface area contributed by atoms with E-state index in [9.17, 15) is 4.79 Å². The number of benzene rings is 2. The number of aliphatic imine (C=N–C) groups is 1. The Morgan fingerprint density at radius 3 is 2.67 bits per heavy atom. The Bertz CT molecular complexity index is 1380. The number of allylic oxidation sites excluding steroid dienone is 2. The van der Waals surface area contributed by atoms with Crippen LogP contribution >= 0.6 is 15.9 Å². The highest BCUT2D eigenvalue weighted by molar-refractivity contribution is 9.18. The van der Waals surface area contributed by atoms with Crippen molar-refractivity contribution in [3.63, 3.8) is 0 Å². The van der Waals surface area contributed by atoms with Gasteiger partial charge in [0, 0.05) is 22.7 Å². The second-order valence-electron chi connectivity index (χ2n) is 8.72. The van der Waals surface area contributed by atoms with Gasteiger partial charge in [-0.05, 0) is 77.0 Å². The molecule has 6 heteroatoms. The minimum atomic E-state index is -0.385. The molecule has 36 heavy (non-hydrogen) atoms. The maximum absolute atomic E-state index is 13.5. The summed E-state index contributed by atoms with van der Waals surface area (Å²) < 4.78 is 14.7. The van der Waals surface area contributed by atoms with E-state index in [4.69, 9.17) is 9.47 Å². The van der Waals surface area contributed by atoms with Crippen molar-refractivity contribution in [2.24, 2.45) is 4.99 Å². The van der Waals surface area contributed by atoms with E-state index in [1.165, 1.54) is 0 Å². The monoisotopic (exact) mass is 548 g/mol. The Balaban J connectivity index is 0.00000148. The largest absolute Gasteiger partial charge is 0.348 e. The second-order valence-corrected chi connectivity index (χ2v) is 9.63. The molecule has 1 saturated heterocycles. The number of pyridine rings is 1. The summed E-state index contributed by atoms with van der Waals surface area (Å²) >= 11 is 3.53. The van der Waals surface area contributed by atoms with Gasteiger partial charge in [-0.25, -0.2) is 4.99 Å². The molecule has 0 aliphatic carbocycles. The van der Waals surface area contributed by atoms with Crippen LogP contribution in [0.1, 0.15) is 61.7 Å². The zero-order valence-electron chi connectivity index (χ0n) is 21.2. The van der Waals surface area contributed by atoms with Crippen LogP contribution in [0, 0.1) is 6.92 Å². The molecule has 0 atom stereocenters. The molecule has 5 rings (SSSR count). The van der Waals surface area contributed by atoms with E-state index in [1.807, 2.05) is 69.4 Å². The van der Waals surface area contributed by atoms with Crippen molar-refractivity contribution in [3.8, 4) is 0 Å². The van der Waals surface area contributed by atoms with Crippen molar-refractivity contribution < 1.29 is 9.47 Å². The van der Waals surface area contributed by atoms with E-state index in [0.717, 1.165) is 51.8 Å². The topological polar surface area (TPSA) is 52.8 Å². The van der Waals surface area contributed by atoms with Crippen LogP contribution in [0.5, 0.6) is 0 Å². The number of aromatic nitrogens is 1. The highest BCUT2D eigenvalue weighted by atomic mass is 79.9. The van der Waals surface area contributed by atoms with Gasteiger partial charge in [-0.2, -0.15) is 0 Å². The molecular weight excluding hydrogens is 516 g/mol. The number of nitrogens with zero attached hydrogens (tertiary/aromatic N) is 2. The lowest BCUT2D eigenvalue weighted by atomic mass is 9.95. The van der Waals surface area contributed by atoms with Gasteiger partial charge in [0.1, 0.15) is 0 Å². The van der Waals surface area contributed by atoms with Crippen LogP contribution in [-0.4, -0.2) is 22.4 Å². The Hall–Kier alpha value is -2.80. The number of halogens is 1. The van der Waals surface area contributed by atoms with Gasteiger partial charge in [-0.1, -0.05) is 50.8 Å². The lowest BCUT2D eigenvalue weighted by molar-refractivity contribution is -0.183. The summed E-state index contributed by atoms with van der Waals surface area (Å²) in [6, 6.07) is 13.8.